The maximum atomic E-state index is 7.41. The molecule has 0 radical (unpaired) electrons. The predicted molar refractivity (Wildman–Crippen MR) is 70.6 cm³/mol. The summed E-state index contributed by atoms with van der Waals surface area (Å²) in [7, 11) is 2.00. The van der Waals surface area contributed by atoms with E-state index in [9.17, 15) is 0 Å². The Morgan fingerprint density at radius 3 is 3.00 bits per heavy atom. The minimum absolute atomic E-state index is 0.0649. The molecule has 1 atom stereocenters. The third-order valence-electron chi connectivity index (χ3n) is 3.38. The van der Waals surface area contributed by atoms with Crippen molar-refractivity contribution in [2.75, 3.05) is 18.5 Å². The van der Waals surface area contributed by atoms with Crippen molar-refractivity contribution in [3.8, 4) is 0 Å². The van der Waals surface area contributed by atoms with Crippen molar-refractivity contribution in [1.82, 2.24) is 4.98 Å². The zero-order valence-corrected chi connectivity index (χ0v) is 10.5. The molecule has 0 saturated heterocycles. The minimum Gasteiger partial charge on any atom is -0.387 e. The summed E-state index contributed by atoms with van der Waals surface area (Å²) in [6.45, 7) is 2.70. The number of aryl methyl sites for hydroxylation is 2. The van der Waals surface area contributed by atoms with Gasteiger partial charge in [-0.05, 0) is 30.9 Å². The number of nitrogens with two attached hydrogens (primary N) is 1. The quantitative estimate of drug-likeness (QED) is 0.612. The molecule has 0 spiro atoms. The third kappa shape index (κ3) is 2.57. The van der Waals surface area contributed by atoms with Crippen LogP contribution in [0.1, 0.15) is 24.6 Å². The second-order valence-corrected chi connectivity index (χ2v) is 4.87. The molecule has 1 aromatic rings. The number of fused-ring (bicyclic) bond motifs is 1. The average molecular weight is 232 g/mol. The highest BCUT2D eigenvalue weighted by Crippen LogP contribution is 2.23. The zero-order valence-electron chi connectivity index (χ0n) is 10.5. The van der Waals surface area contributed by atoms with E-state index in [0.717, 1.165) is 25.2 Å². The predicted octanol–water partition coefficient (Wildman–Crippen LogP) is 1.58. The van der Waals surface area contributed by atoms with Crippen molar-refractivity contribution in [2.24, 2.45) is 11.7 Å². The first kappa shape index (κ1) is 11.9. The van der Waals surface area contributed by atoms with E-state index in [1.807, 2.05) is 14.0 Å². The van der Waals surface area contributed by atoms with Gasteiger partial charge in [-0.15, -0.1) is 0 Å². The van der Waals surface area contributed by atoms with E-state index < -0.39 is 0 Å². The van der Waals surface area contributed by atoms with Crippen molar-refractivity contribution in [1.29, 1.82) is 5.41 Å². The number of pyridine rings is 1. The summed E-state index contributed by atoms with van der Waals surface area (Å²) in [6.07, 6.45) is 3.48. The molecule has 3 N–H and O–H groups in total. The normalized spacial score (nSPS) is 15.4. The number of aromatic nitrogens is 1. The second kappa shape index (κ2) is 4.73. The summed E-state index contributed by atoms with van der Waals surface area (Å²) in [5, 5.41) is 7.41. The lowest BCUT2D eigenvalue weighted by molar-refractivity contribution is 0.721. The number of nitrogens with one attached hydrogen (secondary N) is 1. The number of anilines is 1. The van der Waals surface area contributed by atoms with Gasteiger partial charge in [-0.1, -0.05) is 13.0 Å². The Morgan fingerprint density at radius 1 is 1.53 bits per heavy atom. The Kier molecular flexibility index (Phi) is 3.31. The molecular formula is C13H20N4. The summed E-state index contributed by atoms with van der Waals surface area (Å²) < 4.78 is 0. The number of nitrogens with zero attached hydrogens (tertiary/aromatic N) is 2. The van der Waals surface area contributed by atoms with Gasteiger partial charge in [0.05, 0.1) is 5.84 Å². The maximum Gasteiger partial charge on any atom is 0.128 e. The van der Waals surface area contributed by atoms with Crippen LogP contribution in [0, 0.1) is 11.3 Å². The fraction of sp³-hybridized carbons (Fsp3) is 0.538. The molecule has 0 aromatic carbocycles. The Labute approximate surface area is 102 Å². The van der Waals surface area contributed by atoms with Gasteiger partial charge in [-0.3, -0.25) is 5.41 Å². The van der Waals surface area contributed by atoms with Crippen LogP contribution < -0.4 is 10.6 Å². The summed E-state index contributed by atoms with van der Waals surface area (Å²) in [5.74, 6) is 1.28. The molecule has 1 heterocycles. The molecule has 0 aliphatic heterocycles. The van der Waals surface area contributed by atoms with E-state index >= 15 is 0 Å². The Morgan fingerprint density at radius 2 is 2.29 bits per heavy atom. The molecule has 0 saturated carbocycles. The summed E-state index contributed by atoms with van der Waals surface area (Å²) in [4.78, 5) is 6.75. The van der Waals surface area contributed by atoms with Crippen LogP contribution in [0.3, 0.4) is 0 Å². The van der Waals surface area contributed by atoms with Crippen LogP contribution in [0.2, 0.25) is 0 Å². The molecule has 1 aliphatic carbocycles. The number of hydrogen-bond donors (Lipinski definition) is 2. The van der Waals surface area contributed by atoms with Crippen LogP contribution in [0.4, 0.5) is 5.82 Å². The highest BCUT2D eigenvalue weighted by Gasteiger charge is 2.15. The average Bonchev–Trinajstić information content (AvgIpc) is 2.75. The molecular weight excluding hydrogens is 212 g/mol. The van der Waals surface area contributed by atoms with Crippen molar-refractivity contribution in [3.05, 3.63) is 23.4 Å². The van der Waals surface area contributed by atoms with Gasteiger partial charge in [0, 0.05) is 25.2 Å². The Bertz CT molecular complexity index is 427. The van der Waals surface area contributed by atoms with Crippen LogP contribution in [-0.2, 0) is 12.8 Å². The van der Waals surface area contributed by atoms with Crippen molar-refractivity contribution < 1.29 is 0 Å². The fourth-order valence-corrected chi connectivity index (χ4v) is 2.22. The van der Waals surface area contributed by atoms with Crippen LogP contribution in [0.15, 0.2) is 12.1 Å². The number of rotatable bonds is 4. The van der Waals surface area contributed by atoms with E-state index in [4.69, 9.17) is 11.1 Å². The Hall–Kier alpha value is -1.58. The molecule has 17 heavy (non-hydrogen) atoms. The highest BCUT2D eigenvalue weighted by molar-refractivity contribution is 5.79. The van der Waals surface area contributed by atoms with E-state index in [-0.39, 0.29) is 11.8 Å². The van der Waals surface area contributed by atoms with Crippen molar-refractivity contribution in [2.45, 2.75) is 26.2 Å². The van der Waals surface area contributed by atoms with Gasteiger partial charge in [-0.25, -0.2) is 4.98 Å². The van der Waals surface area contributed by atoms with Gasteiger partial charge in [0.15, 0.2) is 0 Å². The van der Waals surface area contributed by atoms with E-state index in [1.54, 1.807) is 0 Å². The van der Waals surface area contributed by atoms with Crippen LogP contribution in [0.25, 0.3) is 0 Å². The van der Waals surface area contributed by atoms with Gasteiger partial charge in [-0.2, -0.15) is 0 Å². The van der Waals surface area contributed by atoms with Gasteiger partial charge in [0.2, 0.25) is 0 Å². The fourth-order valence-electron chi connectivity index (χ4n) is 2.22. The molecule has 2 rings (SSSR count). The van der Waals surface area contributed by atoms with Gasteiger partial charge < -0.3 is 10.6 Å². The highest BCUT2D eigenvalue weighted by atomic mass is 15.2. The van der Waals surface area contributed by atoms with Crippen molar-refractivity contribution in [3.63, 3.8) is 0 Å². The van der Waals surface area contributed by atoms with E-state index in [2.05, 4.69) is 22.0 Å². The van der Waals surface area contributed by atoms with Crippen LogP contribution >= 0.6 is 0 Å². The molecule has 0 bridgehead atoms. The first-order valence-electron chi connectivity index (χ1n) is 6.12. The monoisotopic (exact) mass is 232 g/mol. The van der Waals surface area contributed by atoms with Crippen molar-refractivity contribution >= 4 is 11.7 Å². The number of amidine groups is 1. The molecule has 4 heteroatoms. The third-order valence-corrected chi connectivity index (χ3v) is 3.38. The molecule has 4 nitrogen and oxygen atoms in total. The maximum absolute atomic E-state index is 7.41. The molecule has 92 valence electrons. The smallest absolute Gasteiger partial charge is 0.128 e. The van der Waals surface area contributed by atoms with E-state index in [0.29, 0.717) is 0 Å². The summed E-state index contributed by atoms with van der Waals surface area (Å²) in [5.41, 5.74) is 8.12. The first-order valence-corrected chi connectivity index (χ1v) is 6.12. The number of hydrogen-bond acceptors (Lipinski definition) is 3. The Balaban J connectivity index is 2.09. The molecule has 1 aliphatic rings. The molecule has 1 aromatic heterocycles. The van der Waals surface area contributed by atoms with E-state index in [1.165, 1.54) is 17.7 Å². The molecule has 1 unspecified atom stereocenters. The zero-order chi connectivity index (χ0) is 12.4. The van der Waals surface area contributed by atoms with Crippen LogP contribution in [-0.4, -0.2) is 24.4 Å². The molecule has 0 amide bonds. The van der Waals surface area contributed by atoms with Gasteiger partial charge in [0.1, 0.15) is 5.82 Å². The van der Waals surface area contributed by atoms with Gasteiger partial charge >= 0.3 is 0 Å². The summed E-state index contributed by atoms with van der Waals surface area (Å²) >= 11 is 0. The standard InChI is InChI=1S/C13H20N4/c1-9(13(14)15)8-17(2)12-7-6-10-4-3-5-11(10)16-12/h6-7,9H,3-5,8H2,1-2H3,(H3,14,15). The summed E-state index contributed by atoms with van der Waals surface area (Å²) in [6, 6.07) is 4.25. The SMILES string of the molecule is CC(CN(C)c1ccc2c(n1)CCC2)C(=N)N. The largest absolute Gasteiger partial charge is 0.387 e. The minimum atomic E-state index is 0.0649. The molecule has 0 fully saturated rings. The first-order chi connectivity index (χ1) is 8.08. The van der Waals surface area contributed by atoms with Crippen LogP contribution in [0.5, 0.6) is 0 Å². The lowest BCUT2D eigenvalue weighted by Gasteiger charge is -2.22. The lowest BCUT2D eigenvalue weighted by Crippen LogP contribution is -2.32. The topological polar surface area (TPSA) is 66.0 Å². The lowest BCUT2D eigenvalue weighted by atomic mass is 10.1. The van der Waals surface area contributed by atoms with Gasteiger partial charge in [0.25, 0.3) is 0 Å². The second-order valence-electron chi connectivity index (χ2n) is 4.87.